The van der Waals surface area contributed by atoms with Crippen molar-refractivity contribution in [2.45, 2.75) is 26.2 Å². The maximum atomic E-state index is 5.74. The smallest absolute Gasteiger partial charge is 0.160 e. The van der Waals surface area contributed by atoms with Crippen LogP contribution in [0.1, 0.15) is 26.3 Å². The normalized spacial score (nSPS) is 12.2. The van der Waals surface area contributed by atoms with Crippen LogP contribution in [0.3, 0.4) is 0 Å². The van der Waals surface area contributed by atoms with Crippen molar-refractivity contribution in [3.63, 3.8) is 0 Å². The number of thiophene rings is 1. The standard InChI is InChI=1S/C28H22N2OS/c1-28(2,3)22-15-19(14-18-6-4-5-7-20(18)22)25-21-16-24(32-23(21)9-12-29-25)26-27-17(8-11-30-26)10-13-31-27/h4-16H,1-3H3. The van der Waals surface area contributed by atoms with Gasteiger partial charge in [0, 0.05) is 33.4 Å². The minimum absolute atomic E-state index is 0.0299. The molecule has 0 aliphatic carbocycles. The number of fused-ring (bicyclic) bond motifs is 3. The summed E-state index contributed by atoms with van der Waals surface area (Å²) in [6.07, 6.45) is 5.47. The third-order valence-corrected chi connectivity index (χ3v) is 7.10. The Morgan fingerprint density at radius 3 is 2.47 bits per heavy atom. The van der Waals surface area contributed by atoms with Crippen molar-refractivity contribution in [1.29, 1.82) is 0 Å². The number of hydrogen-bond acceptors (Lipinski definition) is 4. The average Bonchev–Trinajstić information content (AvgIpc) is 3.44. The Labute approximate surface area is 190 Å². The van der Waals surface area contributed by atoms with Crippen LogP contribution in [0, 0.1) is 0 Å². The van der Waals surface area contributed by atoms with Crippen LogP contribution >= 0.6 is 11.3 Å². The van der Waals surface area contributed by atoms with Gasteiger partial charge in [-0.2, -0.15) is 0 Å². The van der Waals surface area contributed by atoms with E-state index in [0.29, 0.717) is 0 Å². The molecule has 32 heavy (non-hydrogen) atoms. The first-order valence-corrected chi connectivity index (χ1v) is 11.6. The van der Waals surface area contributed by atoms with Gasteiger partial charge >= 0.3 is 0 Å². The van der Waals surface area contributed by atoms with E-state index in [1.54, 1.807) is 17.6 Å². The summed E-state index contributed by atoms with van der Waals surface area (Å²) in [5.41, 5.74) is 5.23. The summed E-state index contributed by atoms with van der Waals surface area (Å²) in [5, 5.41) is 4.75. The minimum Gasteiger partial charge on any atom is -0.462 e. The Bertz CT molecular complexity index is 1620. The molecule has 4 heteroatoms. The van der Waals surface area contributed by atoms with Gasteiger partial charge in [-0.3, -0.25) is 9.97 Å². The van der Waals surface area contributed by atoms with Crippen molar-refractivity contribution >= 4 is 43.2 Å². The fourth-order valence-electron chi connectivity index (χ4n) is 4.45. The van der Waals surface area contributed by atoms with E-state index in [0.717, 1.165) is 38.2 Å². The van der Waals surface area contributed by atoms with E-state index in [2.05, 4.69) is 74.3 Å². The van der Waals surface area contributed by atoms with Crippen molar-refractivity contribution in [3.05, 3.63) is 84.9 Å². The minimum atomic E-state index is 0.0299. The lowest BCUT2D eigenvalue weighted by molar-refractivity contribution is 0.596. The molecule has 0 bridgehead atoms. The molecule has 0 radical (unpaired) electrons. The highest BCUT2D eigenvalue weighted by atomic mass is 32.1. The van der Waals surface area contributed by atoms with Gasteiger partial charge in [-0.15, -0.1) is 11.3 Å². The van der Waals surface area contributed by atoms with Gasteiger partial charge in [0.2, 0.25) is 0 Å². The van der Waals surface area contributed by atoms with Crippen molar-refractivity contribution in [3.8, 4) is 21.8 Å². The molecule has 4 aromatic heterocycles. The molecular formula is C28H22N2OS. The van der Waals surface area contributed by atoms with Crippen LogP contribution in [0.5, 0.6) is 0 Å². The molecule has 3 nitrogen and oxygen atoms in total. The number of nitrogens with zero attached hydrogens (tertiary/aromatic N) is 2. The molecule has 0 spiro atoms. The predicted octanol–water partition coefficient (Wildman–Crippen LogP) is 8.22. The molecule has 0 aliphatic heterocycles. The summed E-state index contributed by atoms with van der Waals surface area (Å²) in [4.78, 5) is 10.5. The Morgan fingerprint density at radius 2 is 1.59 bits per heavy atom. The average molecular weight is 435 g/mol. The van der Waals surface area contributed by atoms with E-state index in [4.69, 9.17) is 9.40 Å². The van der Waals surface area contributed by atoms with Crippen molar-refractivity contribution in [1.82, 2.24) is 9.97 Å². The molecule has 2 aromatic carbocycles. The second kappa shape index (κ2) is 7.01. The molecule has 6 aromatic rings. The quantitative estimate of drug-likeness (QED) is 0.275. The summed E-state index contributed by atoms with van der Waals surface area (Å²) in [6.45, 7) is 6.81. The molecule has 0 unspecified atom stereocenters. The first kappa shape index (κ1) is 19.2. The van der Waals surface area contributed by atoms with Gasteiger partial charge in [-0.25, -0.2) is 0 Å². The lowest BCUT2D eigenvalue weighted by Crippen LogP contribution is -2.12. The zero-order valence-electron chi connectivity index (χ0n) is 18.2. The van der Waals surface area contributed by atoms with Crippen LogP contribution in [-0.4, -0.2) is 9.97 Å². The van der Waals surface area contributed by atoms with Crippen molar-refractivity contribution in [2.75, 3.05) is 0 Å². The maximum Gasteiger partial charge on any atom is 0.160 e. The first-order chi connectivity index (χ1) is 15.5. The number of furan rings is 1. The van der Waals surface area contributed by atoms with Gasteiger partial charge in [-0.1, -0.05) is 45.0 Å². The van der Waals surface area contributed by atoms with E-state index in [-0.39, 0.29) is 5.41 Å². The molecule has 0 fully saturated rings. The van der Waals surface area contributed by atoms with Gasteiger partial charge < -0.3 is 4.42 Å². The number of benzene rings is 2. The van der Waals surface area contributed by atoms with Crippen LogP contribution in [-0.2, 0) is 5.41 Å². The van der Waals surface area contributed by atoms with Crippen LogP contribution in [0.15, 0.2) is 83.7 Å². The van der Waals surface area contributed by atoms with Crippen LogP contribution in [0.2, 0.25) is 0 Å². The molecule has 0 saturated carbocycles. The maximum absolute atomic E-state index is 5.74. The molecule has 0 N–H and O–H groups in total. The molecular weight excluding hydrogens is 412 g/mol. The van der Waals surface area contributed by atoms with E-state index < -0.39 is 0 Å². The van der Waals surface area contributed by atoms with E-state index >= 15 is 0 Å². The zero-order valence-corrected chi connectivity index (χ0v) is 19.0. The largest absolute Gasteiger partial charge is 0.462 e. The zero-order chi connectivity index (χ0) is 21.9. The number of hydrogen-bond donors (Lipinski definition) is 0. The van der Waals surface area contributed by atoms with Crippen LogP contribution in [0.4, 0.5) is 0 Å². The summed E-state index contributed by atoms with van der Waals surface area (Å²) in [6, 6.07) is 21.4. The fraction of sp³-hybridized carbons (Fsp3) is 0.143. The molecule has 4 heterocycles. The Hall–Kier alpha value is -3.50. The first-order valence-electron chi connectivity index (χ1n) is 10.7. The third-order valence-electron chi connectivity index (χ3n) is 5.99. The van der Waals surface area contributed by atoms with E-state index in [9.17, 15) is 0 Å². The second-order valence-electron chi connectivity index (χ2n) is 9.18. The molecule has 156 valence electrons. The lowest BCUT2D eigenvalue weighted by Gasteiger charge is -2.22. The highest BCUT2D eigenvalue weighted by molar-refractivity contribution is 7.22. The second-order valence-corrected chi connectivity index (χ2v) is 10.3. The van der Waals surface area contributed by atoms with Gasteiger partial charge in [0.25, 0.3) is 0 Å². The lowest BCUT2D eigenvalue weighted by atomic mass is 9.82. The Balaban J connectivity index is 1.60. The van der Waals surface area contributed by atoms with E-state index in [1.165, 1.54) is 21.0 Å². The summed E-state index contributed by atoms with van der Waals surface area (Å²) >= 11 is 1.73. The van der Waals surface area contributed by atoms with Gasteiger partial charge in [0.15, 0.2) is 5.58 Å². The van der Waals surface area contributed by atoms with Crippen LogP contribution < -0.4 is 0 Å². The van der Waals surface area contributed by atoms with E-state index in [1.807, 2.05) is 24.5 Å². The highest BCUT2D eigenvalue weighted by Gasteiger charge is 2.20. The van der Waals surface area contributed by atoms with Gasteiger partial charge in [-0.05, 0) is 58.1 Å². The van der Waals surface area contributed by atoms with Gasteiger partial charge in [0.05, 0.1) is 16.8 Å². The molecule has 0 amide bonds. The summed E-state index contributed by atoms with van der Waals surface area (Å²) < 4.78 is 6.94. The van der Waals surface area contributed by atoms with Crippen molar-refractivity contribution < 1.29 is 4.42 Å². The summed E-state index contributed by atoms with van der Waals surface area (Å²) in [5.74, 6) is 0. The highest BCUT2D eigenvalue weighted by Crippen LogP contribution is 2.41. The SMILES string of the molecule is CC(C)(C)c1cc(-c2nccc3sc(-c4nccc5ccoc45)cc23)cc2ccccc12. The molecule has 0 aliphatic rings. The van der Waals surface area contributed by atoms with Crippen molar-refractivity contribution in [2.24, 2.45) is 0 Å². The Kier molecular flexibility index (Phi) is 4.21. The van der Waals surface area contributed by atoms with Crippen LogP contribution in [0.25, 0.3) is 53.7 Å². The predicted molar refractivity (Wildman–Crippen MR) is 134 cm³/mol. The number of aromatic nitrogens is 2. The topological polar surface area (TPSA) is 38.9 Å². The Morgan fingerprint density at radius 1 is 0.781 bits per heavy atom. The molecule has 0 saturated heterocycles. The third kappa shape index (κ3) is 3.02. The summed E-state index contributed by atoms with van der Waals surface area (Å²) in [7, 11) is 0. The number of pyridine rings is 2. The molecule has 0 atom stereocenters. The number of rotatable bonds is 2. The monoisotopic (exact) mass is 434 g/mol. The fourth-order valence-corrected chi connectivity index (χ4v) is 5.50. The molecule has 6 rings (SSSR count). The van der Waals surface area contributed by atoms with Gasteiger partial charge in [0.1, 0.15) is 5.69 Å².